The van der Waals surface area contributed by atoms with Gasteiger partial charge in [0, 0.05) is 17.2 Å². The molecule has 7 heteroatoms. The number of nitrogens with one attached hydrogen (secondary N) is 1. The number of ether oxygens (including phenoxy) is 1. The van der Waals surface area contributed by atoms with E-state index in [-0.39, 0.29) is 5.78 Å². The molecule has 3 aromatic heterocycles. The van der Waals surface area contributed by atoms with Gasteiger partial charge in [-0.2, -0.15) is 5.10 Å². The van der Waals surface area contributed by atoms with Crippen LogP contribution in [0.15, 0.2) is 124 Å². The summed E-state index contributed by atoms with van der Waals surface area (Å²) in [7, 11) is 0. The van der Waals surface area contributed by atoms with Gasteiger partial charge in [0.05, 0.1) is 11.2 Å². The summed E-state index contributed by atoms with van der Waals surface area (Å²) in [6.07, 6.45) is 4.27. The molecule has 2 aliphatic rings. The molecule has 208 valence electrons. The van der Waals surface area contributed by atoms with Crippen molar-refractivity contribution in [3.8, 4) is 5.75 Å². The van der Waals surface area contributed by atoms with Crippen molar-refractivity contribution in [3.63, 3.8) is 0 Å². The number of H-pyrrole nitrogens is 1. The van der Waals surface area contributed by atoms with Gasteiger partial charge in [0.15, 0.2) is 16.8 Å². The van der Waals surface area contributed by atoms with Gasteiger partial charge in [0.1, 0.15) is 34.1 Å². The van der Waals surface area contributed by atoms with Crippen molar-refractivity contribution in [2.45, 2.75) is 29.8 Å². The smallest absolute Gasteiger partial charge is 0.216 e. The molecule has 0 bridgehead atoms. The third-order valence-electron chi connectivity index (χ3n) is 9.11. The molecule has 1 aliphatic heterocycles. The van der Waals surface area contributed by atoms with Crippen LogP contribution in [0.25, 0.3) is 33.0 Å². The zero-order chi connectivity index (χ0) is 28.6. The number of rotatable bonds is 4. The first-order chi connectivity index (χ1) is 21.2. The number of Topliss-reactive ketones (excluding diaryl/α,β-unsaturated/α-hetero) is 1. The van der Waals surface area contributed by atoms with E-state index in [1.54, 1.807) is 0 Å². The molecule has 0 saturated heterocycles. The number of carbonyl (C=O) groups excluding carboxylic acids is 1. The summed E-state index contributed by atoms with van der Waals surface area (Å²) >= 11 is 0. The molecule has 0 saturated carbocycles. The van der Waals surface area contributed by atoms with Gasteiger partial charge in [-0.3, -0.25) is 9.89 Å². The summed E-state index contributed by atoms with van der Waals surface area (Å²) in [5, 5.41) is 9.66. The molecule has 0 amide bonds. The van der Waals surface area contributed by atoms with Crippen molar-refractivity contribution >= 4 is 38.8 Å². The van der Waals surface area contributed by atoms with Crippen LogP contribution in [0, 0.1) is 0 Å². The Hall–Kier alpha value is -5.43. The van der Waals surface area contributed by atoms with Crippen LogP contribution >= 0.6 is 0 Å². The van der Waals surface area contributed by atoms with E-state index >= 15 is 4.79 Å². The normalized spacial score (nSPS) is 23.3. The number of nitrogens with zero attached hydrogens (tertiary/aromatic N) is 2. The molecule has 3 atom stereocenters. The van der Waals surface area contributed by atoms with Gasteiger partial charge in [0.25, 0.3) is 0 Å². The second kappa shape index (κ2) is 8.79. The Labute approximate surface area is 245 Å². The van der Waals surface area contributed by atoms with Crippen LogP contribution in [0.2, 0.25) is 0 Å². The number of benzene rings is 4. The number of carbonyl (C=O) groups is 1. The van der Waals surface area contributed by atoms with Gasteiger partial charge in [-0.15, -0.1) is 0 Å². The average Bonchev–Trinajstić information content (AvgIpc) is 3.85. The summed E-state index contributed by atoms with van der Waals surface area (Å²) in [6.45, 7) is 0. The molecule has 0 spiro atoms. The van der Waals surface area contributed by atoms with Gasteiger partial charge in [-0.1, -0.05) is 78.9 Å². The molecule has 4 aromatic carbocycles. The van der Waals surface area contributed by atoms with Gasteiger partial charge >= 0.3 is 0 Å². The first kappa shape index (κ1) is 24.2. The van der Waals surface area contributed by atoms with E-state index < -0.39 is 16.9 Å². The van der Waals surface area contributed by atoms with Crippen LogP contribution in [0.3, 0.4) is 0 Å². The molecule has 0 radical (unpaired) electrons. The van der Waals surface area contributed by atoms with Crippen molar-refractivity contribution in [3.05, 3.63) is 138 Å². The minimum Gasteiger partial charge on any atom is -0.488 e. The summed E-state index contributed by atoms with van der Waals surface area (Å²) < 4.78 is 19.7. The second-order valence-corrected chi connectivity index (χ2v) is 11.4. The molecule has 9 rings (SSSR count). The average molecular weight is 564 g/mol. The van der Waals surface area contributed by atoms with Crippen molar-refractivity contribution in [2.24, 2.45) is 0 Å². The lowest BCUT2D eigenvalue weighted by Crippen LogP contribution is -2.58. The number of para-hydroxylation sites is 5. The van der Waals surface area contributed by atoms with Gasteiger partial charge < -0.3 is 13.6 Å². The van der Waals surface area contributed by atoms with Gasteiger partial charge in [-0.05, 0) is 48.4 Å². The van der Waals surface area contributed by atoms with Crippen LogP contribution in [0.1, 0.15) is 29.3 Å². The second-order valence-electron chi connectivity index (χ2n) is 11.4. The topological polar surface area (TPSA) is 94.2 Å². The summed E-state index contributed by atoms with van der Waals surface area (Å²) in [5.41, 5.74) is 1.83. The van der Waals surface area contributed by atoms with Crippen LogP contribution in [-0.4, -0.2) is 27.1 Å². The Kier molecular flexibility index (Phi) is 4.94. The molecule has 7 nitrogen and oxygen atoms in total. The fourth-order valence-corrected chi connectivity index (χ4v) is 7.02. The molecule has 1 N–H and O–H groups in total. The standard InChI is InChI=1S/C36H25N3O4/c40-33-35(30-20-22-10-1-6-15-27(22)41-30,32-24-12-3-4-13-25(24)38-39-32)18-9-19-36(33,31-21-23-11-2-7-16-28(23)42-31)34-37-26-14-5-8-17-29(26)43-34/h1-17,19-20,31H,18,21H2,(H,38,39). The SMILES string of the molecule is O=C1C(c2cc3ccccc3o2)(c2[nH]nc3ccccc23)CC=CC1(c1nc2ccccc2o1)C1Cc2ccccc2O1. The predicted octanol–water partition coefficient (Wildman–Crippen LogP) is 7.21. The number of aromatic nitrogens is 3. The first-order valence-corrected chi connectivity index (χ1v) is 14.4. The van der Waals surface area contributed by atoms with Crippen molar-refractivity contribution in [1.82, 2.24) is 15.2 Å². The highest BCUT2D eigenvalue weighted by Crippen LogP contribution is 2.53. The van der Waals surface area contributed by atoms with Crippen molar-refractivity contribution in [1.29, 1.82) is 0 Å². The molecular formula is C36H25N3O4. The number of ketones is 1. The summed E-state index contributed by atoms with van der Waals surface area (Å²) in [4.78, 5) is 20.8. The number of allylic oxidation sites excluding steroid dienone is 1. The zero-order valence-electron chi connectivity index (χ0n) is 23.0. The van der Waals surface area contributed by atoms with Crippen LogP contribution in [0.5, 0.6) is 5.75 Å². The molecule has 7 aromatic rings. The maximum Gasteiger partial charge on any atom is 0.216 e. The van der Waals surface area contributed by atoms with Gasteiger partial charge in [0.2, 0.25) is 5.89 Å². The lowest BCUT2D eigenvalue weighted by atomic mass is 9.59. The number of hydrogen-bond acceptors (Lipinski definition) is 6. The van der Waals surface area contributed by atoms with E-state index in [4.69, 9.17) is 18.6 Å². The lowest BCUT2D eigenvalue weighted by Gasteiger charge is -2.42. The maximum atomic E-state index is 15.9. The van der Waals surface area contributed by atoms with E-state index in [1.807, 2.05) is 115 Å². The summed E-state index contributed by atoms with van der Waals surface area (Å²) in [5.74, 6) is 1.46. The third-order valence-corrected chi connectivity index (χ3v) is 9.11. The van der Waals surface area contributed by atoms with Crippen LogP contribution in [-0.2, 0) is 22.0 Å². The number of fused-ring (bicyclic) bond motifs is 4. The van der Waals surface area contributed by atoms with Crippen molar-refractivity contribution < 1.29 is 18.4 Å². The van der Waals surface area contributed by atoms with E-state index in [1.165, 1.54) is 0 Å². The minimum atomic E-state index is -1.37. The zero-order valence-corrected chi connectivity index (χ0v) is 23.0. The fraction of sp³-hybridized carbons (Fsp3) is 0.139. The Morgan fingerprint density at radius 2 is 1.58 bits per heavy atom. The lowest BCUT2D eigenvalue weighted by molar-refractivity contribution is -0.132. The van der Waals surface area contributed by atoms with Crippen LogP contribution < -0.4 is 4.74 Å². The molecule has 1 aliphatic carbocycles. The molecule has 4 heterocycles. The highest BCUT2D eigenvalue weighted by atomic mass is 16.5. The highest BCUT2D eigenvalue weighted by Gasteiger charge is 2.63. The number of hydrogen-bond donors (Lipinski definition) is 1. The Balaban J connectivity index is 1.34. The predicted molar refractivity (Wildman–Crippen MR) is 162 cm³/mol. The molecule has 0 fully saturated rings. The monoisotopic (exact) mass is 563 g/mol. The van der Waals surface area contributed by atoms with Crippen LogP contribution in [0.4, 0.5) is 0 Å². The largest absolute Gasteiger partial charge is 0.488 e. The van der Waals surface area contributed by atoms with E-state index in [0.29, 0.717) is 46.9 Å². The Bertz CT molecular complexity index is 2150. The quantitative estimate of drug-likeness (QED) is 0.228. The number of oxazole rings is 1. The van der Waals surface area contributed by atoms with E-state index in [0.717, 1.165) is 27.6 Å². The number of aromatic amines is 1. The maximum absolute atomic E-state index is 15.9. The van der Waals surface area contributed by atoms with E-state index in [9.17, 15) is 0 Å². The molecule has 43 heavy (non-hydrogen) atoms. The minimum absolute atomic E-state index is 0.139. The first-order valence-electron chi connectivity index (χ1n) is 14.4. The Morgan fingerprint density at radius 3 is 2.44 bits per heavy atom. The summed E-state index contributed by atoms with van der Waals surface area (Å²) in [6, 6.07) is 33.1. The van der Waals surface area contributed by atoms with E-state index in [2.05, 4.69) is 10.2 Å². The third kappa shape index (κ3) is 3.27. The number of furan rings is 1. The molecular weight excluding hydrogens is 538 g/mol. The fourth-order valence-electron chi connectivity index (χ4n) is 7.02. The molecule has 3 unspecified atom stereocenters. The van der Waals surface area contributed by atoms with Crippen molar-refractivity contribution in [2.75, 3.05) is 0 Å². The Morgan fingerprint density at radius 1 is 0.814 bits per heavy atom. The van der Waals surface area contributed by atoms with Gasteiger partial charge in [-0.25, -0.2) is 4.98 Å². The highest BCUT2D eigenvalue weighted by molar-refractivity contribution is 6.07.